The fourth-order valence-corrected chi connectivity index (χ4v) is 1.50. The number of hydrogen-bond donors (Lipinski definition) is 1. The molecule has 0 aliphatic heterocycles. The molecule has 4 nitrogen and oxygen atoms in total. The summed E-state index contributed by atoms with van der Waals surface area (Å²) in [5.41, 5.74) is 0.667. The molecule has 0 aliphatic rings. The summed E-state index contributed by atoms with van der Waals surface area (Å²) >= 11 is 5.48. The molecule has 0 saturated carbocycles. The van der Waals surface area contributed by atoms with Crippen molar-refractivity contribution >= 4 is 23.2 Å². The monoisotopic (exact) mass is 257 g/mol. The van der Waals surface area contributed by atoms with Gasteiger partial charge >= 0.3 is 0 Å². The number of carbonyl (C=O) groups excluding carboxylic acids is 1. The van der Waals surface area contributed by atoms with E-state index >= 15 is 0 Å². The minimum Gasteiger partial charge on any atom is -0.493 e. The largest absolute Gasteiger partial charge is 0.493 e. The number of benzene rings is 1. The molecule has 0 unspecified atom stereocenters. The fraction of sp³-hybridized carbons (Fsp3) is 0.417. The highest BCUT2D eigenvalue weighted by Crippen LogP contribution is 2.30. The van der Waals surface area contributed by atoms with Crippen molar-refractivity contribution in [3.63, 3.8) is 0 Å². The lowest BCUT2D eigenvalue weighted by molar-refractivity contribution is -0.115. The van der Waals surface area contributed by atoms with Crippen LogP contribution in [0.4, 0.5) is 5.69 Å². The van der Waals surface area contributed by atoms with Crippen LogP contribution in [0.2, 0.25) is 0 Å². The molecule has 0 heterocycles. The van der Waals surface area contributed by atoms with Crippen molar-refractivity contribution < 1.29 is 14.3 Å². The summed E-state index contributed by atoms with van der Waals surface area (Å²) in [5, 5.41) is 2.73. The second kappa shape index (κ2) is 7.01. The summed E-state index contributed by atoms with van der Waals surface area (Å²) in [6.07, 6.45) is 0.289. The molecule has 0 aromatic heterocycles. The molecule has 17 heavy (non-hydrogen) atoms. The van der Waals surface area contributed by atoms with Gasteiger partial charge in [0.15, 0.2) is 11.5 Å². The molecule has 5 heteroatoms. The average Bonchev–Trinajstić information content (AvgIpc) is 2.31. The van der Waals surface area contributed by atoms with E-state index in [1.54, 1.807) is 25.3 Å². The van der Waals surface area contributed by atoms with Crippen molar-refractivity contribution in [2.24, 2.45) is 0 Å². The van der Waals surface area contributed by atoms with E-state index in [-0.39, 0.29) is 12.3 Å². The summed E-state index contributed by atoms with van der Waals surface area (Å²) in [7, 11) is 1.56. The fourth-order valence-electron chi connectivity index (χ4n) is 1.33. The molecule has 1 amide bonds. The third-order valence-corrected chi connectivity index (χ3v) is 2.26. The molecule has 0 bridgehead atoms. The first-order chi connectivity index (χ1) is 8.21. The number of rotatable bonds is 6. The smallest absolute Gasteiger partial charge is 0.225 e. The van der Waals surface area contributed by atoms with Crippen LogP contribution in [0.1, 0.15) is 13.3 Å². The van der Waals surface area contributed by atoms with E-state index in [4.69, 9.17) is 21.1 Å². The first kappa shape index (κ1) is 13.6. The molecule has 1 N–H and O–H groups in total. The number of alkyl halides is 1. The summed E-state index contributed by atoms with van der Waals surface area (Å²) in [4.78, 5) is 11.4. The standard InChI is InChI=1S/C12H16ClNO3/c1-3-17-10-5-4-9(8-11(10)16-2)14-12(15)6-7-13/h4-5,8H,3,6-7H2,1-2H3,(H,14,15). The third kappa shape index (κ3) is 4.15. The number of amides is 1. The van der Waals surface area contributed by atoms with Gasteiger partial charge in [0.1, 0.15) is 0 Å². The van der Waals surface area contributed by atoms with Crippen LogP contribution in [0.25, 0.3) is 0 Å². The topological polar surface area (TPSA) is 47.6 Å². The Hall–Kier alpha value is -1.42. The maximum absolute atomic E-state index is 11.4. The molecule has 0 saturated heterocycles. The Morgan fingerprint density at radius 2 is 2.18 bits per heavy atom. The second-order valence-electron chi connectivity index (χ2n) is 3.29. The van der Waals surface area contributed by atoms with E-state index in [1.165, 1.54) is 0 Å². The summed E-state index contributed by atoms with van der Waals surface area (Å²) in [6.45, 7) is 2.46. The van der Waals surface area contributed by atoms with Gasteiger partial charge in [-0.2, -0.15) is 0 Å². The Bertz CT molecular complexity index is 382. The highest BCUT2D eigenvalue weighted by Gasteiger charge is 2.07. The van der Waals surface area contributed by atoms with E-state index in [2.05, 4.69) is 5.32 Å². The lowest BCUT2D eigenvalue weighted by Crippen LogP contribution is -2.11. The van der Waals surface area contributed by atoms with Gasteiger partial charge in [-0.05, 0) is 19.1 Å². The van der Waals surface area contributed by atoms with Crippen molar-refractivity contribution in [3.05, 3.63) is 18.2 Å². The van der Waals surface area contributed by atoms with E-state index in [9.17, 15) is 4.79 Å². The van der Waals surface area contributed by atoms with Crippen LogP contribution in [-0.4, -0.2) is 25.5 Å². The first-order valence-electron chi connectivity index (χ1n) is 5.38. The predicted octanol–water partition coefficient (Wildman–Crippen LogP) is 2.66. The molecule has 0 atom stereocenters. The number of anilines is 1. The Morgan fingerprint density at radius 1 is 1.41 bits per heavy atom. The van der Waals surface area contributed by atoms with Crippen LogP contribution in [0.3, 0.4) is 0 Å². The van der Waals surface area contributed by atoms with Crippen LogP contribution < -0.4 is 14.8 Å². The van der Waals surface area contributed by atoms with Gasteiger partial charge in [0, 0.05) is 24.1 Å². The number of ether oxygens (including phenoxy) is 2. The van der Waals surface area contributed by atoms with Gasteiger partial charge in [-0.25, -0.2) is 0 Å². The van der Waals surface area contributed by atoms with Gasteiger partial charge in [0.2, 0.25) is 5.91 Å². The maximum atomic E-state index is 11.4. The van der Waals surface area contributed by atoms with Gasteiger partial charge < -0.3 is 14.8 Å². The van der Waals surface area contributed by atoms with Crippen molar-refractivity contribution in [2.75, 3.05) is 24.9 Å². The summed E-state index contributed by atoms with van der Waals surface area (Å²) in [5.74, 6) is 1.44. The Kier molecular flexibility index (Phi) is 5.63. The number of methoxy groups -OCH3 is 1. The zero-order chi connectivity index (χ0) is 12.7. The molecule has 0 aliphatic carbocycles. The van der Waals surface area contributed by atoms with Crippen molar-refractivity contribution in [2.45, 2.75) is 13.3 Å². The number of carbonyl (C=O) groups is 1. The Balaban J connectivity index is 2.78. The Labute approximate surface area is 106 Å². The molecule has 0 fully saturated rings. The van der Waals surface area contributed by atoms with E-state index in [0.717, 1.165) is 0 Å². The molecule has 1 aromatic carbocycles. The zero-order valence-corrected chi connectivity index (χ0v) is 10.7. The van der Waals surface area contributed by atoms with E-state index in [0.29, 0.717) is 29.7 Å². The second-order valence-corrected chi connectivity index (χ2v) is 3.66. The predicted molar refractivity (Wildman–Crippen MR) is 68.1 cm³/mol. The van der Waals surface area contributed by atoms with Gasteiger partial charge in [-0.1, -0.05) is 0 Å². The Morgan fingerprint density at radius 3 is 2.76 bits per heavy atom. The van der Waals surface area contributed by atoms with Crippen LogP contribution in [-0.2, 0) is 4.79 Å². The SMILES string of the molecule is CCOc1ccc(NC(=O)CCCl)cc1OC. The molecule has 0 spiro atoms. The molecular formula is C12H16ClNO3. The van der Waals surface area contributed by atoms with Gasteiger partial charge in [0.05, 0.1) is 13.7 Å². The summed E-state index contributed by atoms with van der Waals surface area (Å²) in [6, 6.07) is 5.25. The number of nitrogens with one attached hydrogen (secondary N) is 1. The lowest BCUT2D eigenvalue weighted by atomic mass is 10.2. The van der Waals surface area contributed by atoms with Crippen molar-refractivity contribution in [1.29, 1.82) is 0 Å². The number of halogens is 1. The van der Waals surface area contributed by atoms with Crippen molar-refractivity contribution in [3.8, 4) is 11.5 Å². The average molecular weight is 258 g/mol. The molecular weight excluding hydrogens is 242 g/mol. The molecule has 1 rings (SSSR count). The van der Waals surface area contributed by atoms with Gasteiger partial charge in [-0.3, -0.25) is 4.79 Å². The minimum absolute atomic E-state index is 0.119. The highest BCUT2D eigenvalue weighted by molar-refractivity contribution is 6.19. The zero-order valence-electron chi connectivity index (χ0n) is 9.96. The van der Waals surface area contributed by atoms with Crippen LogP contribution in [0, 0.1) is 0 Å². The van der Waals surface area contributed by atoms with Crippen molar-refractivity contribution in [1.82, 2.24) is 0 Å². The van der Waals surface area contributed by atoms with Crippen LogP contribution in [0.15, 0.2) is 18.2 Å². The van der Waals surface area contributed by atoms with E-state index < -0.39 is 0 Å². The molecule has 0 radical (unpaired) electrons. The van der Waals surface area contributed by atoms with Gasteiger partial charge in [-0.15, -0.1) is 11.6 Å². The van der Waals surface area contributed by atoms with Crippen LogP contribution >= 0.6 is 11.6 Å². The van der Waals surface area contributed by atoms with E-state index in [1.807, 2.05) is 6.92 Å². The summed E-state index contributed by atoms with van der Waals surface area (Å²) < 4.78 is 10.6. The van der Waals surface area contributed by atoms with Gasteiger partial charge in [0.25, 0.3) is 0 Å². The quantitative estimate of drug-likeness (QED) is 0.797. The van der Waals surface area contributed by atoms with Crippen LogP contribution in [0.5, 0.6) is 11.5 Å². The third-order valence-electron chi connectivity index (χ3n) is 2.07. The highest BCUT2D eigenvalue weighted by atomic mass is 35.5. The first-order valence-corrected chi connectivity index (χ1v) is 5.91. The number of hydrogen-bond acceptors (Lipinski definition) is 3. The molecule has 1 aromatic rings. The molecule has 94 valence electrons. The normalized spacial score (nSPS) is 9.82. The maximum Gasteiger partial charge on any atom is 0.225 e. The lowest BCUT2D eigenvalue weighted by Gasteiger charge is -2.11. The minimum atomic E-state index is -0.119.